The first kappa shape index (κ1) is 17.4. The van der Waals surface area contributed by atoms with Crippen molar-refractivity contribution in [3.05, 3.63) is 35.6 Å². The molecule has 0 spiro atoms. The number of guanidine groups is 1. The van der Waals surface area contributed by atoms with Gasteiger partial charge in [0.05, 0.1) is 6.61 Å². The zero-order valence-electron chi connectivity index (χ0n) is 13.2. The fraction of sp³-hybridized carbons (Fsp3) is 0.562. The minimum Gasteiger partial charge on any atom is -0.379 e. The molecular formula is C16H26FN3O. The van der Waals surface area contributed by atoms with E-state index in [0.29, 0.717) is 12.5 Å². The van der Waals surface area contributed by atoms with Gasteiger partial charge < -0.3 is 15.4 Å². The van der Waals surface area contributed by atoms with Crippen LogP contribution in [0.15, 0.2) is 29.3 Å². The molecule has 118 valence electrons. The zero-order chi connectivity index (χ0) is 15.5. The highest BCUT2D eigenvalue weighted by atomic mass is 19.1. The average molecular weight is 295 g/mol. The van der Waals surface area contributed by atoms with Crippen LogP contribution in [-0.4, -0.2) is 39.3 Å². The molecule has 0 aliphatic carbocycles. The predicted molar refractivity (Wildman–Crippen MR) is 85.1 cm³/mol. The lowest BCUT2D eigenvalue weighted by Gasteiger charge is -2.12. The van der Waals surface area contributed by atoms with Crippen molar-refractivity contribution < 1.29 is 9.13 Å². The summed E-state index contributed by atoms with van der Waals surface area (Å²) in [5.41, 5.74) is 1.10. The Morgan fingerprint density at radius 2 is 1.86 bits per heavy atom. The summed E-state index contributed by atoms with van der Waals surface area (Å²) in [6.07, 6.45) is 0.824. The van der Waals surface area contributed by atoms with Crippen molar-refractivity contribution in [3.63, 3.8) is 0 Å². The lowest BCUT2D eigenvalue weighted by molar-refractivity contribution is 0.114. The molecule has 0 radical (unpaired) electrons. The van der Waals surface area contributed by atoms with Gasteiger partial charge in [-0.2, -0.15) is 0 Å². The second-order valence-corrected chi connectivity index (χ2v) is 5.27. The van der Waals surface area contributed by atoms with E-state index in [0.717, 1.165) is 37.6 Å². The first-order chi connectivity index (χ1) is 10.1. The Morgan fingerprint density at radius 3 is 2.48 bits per heavy atom. The summed E-state index contributed by atoms with van der Waals surface area (Å²) in [5.74, 6) is 1.11. The van der Waals surface area contributed by atoms with Gasteiger partial charge in [-0.1, -0.05) is 26.0 Å². The normalized spacial score (nSPS) is 11.8. The van der Waals surface area contributed by atoms with Gasteiger partial charge in [-0.3, -0.25) is 4.99 Å². The molecule has 0 bridgehead atoms. The number of rotatable bonds is 8. The quantitative estimate of drug-likeness (QED) is 0.439. The van der Waals surface area contributed by atoms with E-state index in [2.05, 4.69) is 29.5 Å². The van der Waals surface area contributed by atoms with Gasteiger partial charge in [-0.15, -0.1) is 0 Å². The molecule has 0 amide bonds. The van der Waals surface area contributed by atoms with E-state index in [1.165, 1.54) is 12.1 Å². The summed E-state index contributed by atoms with van der Waals surface area (Å²) in [6.45, 7) is 7.17. The SMILES string of the molecule is CN=C(NCCOCC(C)C)NCCc1ccc(F)cc1. The van der Waals surface area contributed by atoms with Crippen molar-refractivity contribution in [2.75, 3.05) is 33.4 Å². The molecule has 1 aromatic carbocycles. The summed E-state index contributed by atoms with van der Waals surface area (Å²) in [6, 6.07) is 6.56. The van der Waals surface area contributed by atoms with Crippen LogP contribution in [-0.2, 0) is 11.2 Å². The molecule has 21 heavy (non-hydrogen) atoms. The van der Waals surface area contributed by atoms with Crippen LogP contribution in [0.1, 0.15) is 19.4 Å². The maximum atomic E-state index is 12.8. The minimum atomic E-state index is -0.203. The molecule has 0 aliphatic rings. The van der Waals surface area contributed by atoms with Gasteiger partial charge in [0.2, 0.25) is 0 Å². The Balaban J connectivity index is 2.15. The van der Waals surface area contributed by atoms with Crippen molar-refractivity contribution in [2.45, 2.75) is 20.3 Å². The second kappa shape index (κ2) is 10.2. The standard InChI is InChI=1S/C16H26FN3O/c1-13(2)12-21-11-10-20-16(18-3)19-9-8-14-4-6-15(17)7-5-14/h4-7,13H,8-12H2,1-3H3,(H2,18,19,20). The number of ether oxygens (including phenoxy) is 1. The lowest BCUT2D eigenvalue weighted by atomic mass is 10.1. The highest BCUT2D eigenvalue weighted by Crippen LogP contribution is 2.02. The van der Waals surface area contributed by atoms with Gasteiger partial charge >= 0.3 is 0 Å². The van der Waals surface area contributed by atoms with Crippen LogP contribution in [0.25, 0.3) is 0 Å². The molecule has 0 aromatic heterocycles. The van der Waals surface area contributed by atoms with E-state index in [-0.39, 0.29) is 5.82 Å². The number of benzene rings is 1. The fourth-order valence-electron chi connectivity index (χ4n) is 1.76. The summed E-state index contributed by atoms with van der Waals surface area (Å²) < 4.78 is 18.3. The zero-order valence-corrected chi connectivity index (χ0v) is 13.2. The highest BCUT2D eigenvalue weighted by molar-refractivity contribution is 5.79. The van der Waals surface area contributed by atoms with Crippen molar-refractivity contribution in [1.82, 2.24) is 10.6 Å². The van der Waals surface area contributed by atoms with E-state index in [9.17, 15) is 4.39 Å². The number of halogens is 1. The Bertz CT molecular complexity index is 418. The van der Waals surface area contributed by atoms with E-state index in [1.54, 1.807) is 19.2 Å². The van der Waals surface area contributed by atoms with E-state index in [4.69, 9.17) is 4.74 Å². The Hall–Kier alpha value is -1.62. The molecular weight excluding hydrogens is 269 g/mol. The average Bonchev–Trinajstić information content (AvgIpc) is 2.46. The first-order valence-corrected chi connectivity index (χ1v) is 7.38. The molecule has 0 unspecified atom stereocenters. The largest absolute Gasteiger partial charge is 0.379 e. The fourth-order valence-corrected chi connectivity index (χ4v) is 1.76. The molecule has 4 nitrogen and oxygen atoms in total. The van der Waals surface area contributed by atoms with Crippen LogP contribution in [0, 0.1) is 11.7 Å². The molecule has 5 heteroatoms. The van der Waals surface area contributed by atoms with Crippen molar-refractivity contribution >= 4 is 5.96 Å². The van der Waals surface area contributed by atoms with Crippen molar-refractivity contribution in [3.8, 4) is 0 Å². The Labute approximate surface area is 126 Å². The summed E-state index contributed by atoms with van der Waals surface area (Å²) in [7, 11) is 1.74. The van der Waals surface area contributed by atoms with Gasteiger partial charge in [0.25, 0.3) is 0 Å². The van der Waals surface area contributed by atoms with E-state index in [1.807, 2.05) is 0 Å². The lowest BCUT2D eigenvalue weighted by Crippen LogP contribution is -2.39. The highest BCUT2D eigenvalue weighted by Gasteiger charge is 1.99. The molecule has 0 fully saturated rings. The van der Waals surface area contributed by atoms with Crippen LogP contribution in [0.2, 0.25) is 0 Å². The smallest absolute Gasteiger partial charge is 0.191 e. The molecule has 2 N–H and O–H groups in total. The number of nitrogens with one attached hydrogen (secondary N) is 2. The molecule has 1 aromatic rings. The molecule has 0 saturated heterocycles. The minimum absolute atomic E-state index is 0.203. The van der Waals surface area contributed by atoms with Gasteiger partial charge in [0.15, 0.2) is 5.96 Å². The third-order valence-electron chi connectivity index (χ3n) is 2.83. The summed E-state index contributed by atoms with van der Waals surface area (Å²) in [4.78, 5) is 4.14. The molecule has 1 rings (SSSR count). The maximum Gasteiger partial charge on any atom is 0.191 e. The summed E-state index contributed by atoms with van der Waals surface area (Å²) >= 11 is 0. The van der Waals surface area contributed by atoms with Crippen LogP contribution in [0.4, 0.5) is 4.39 Å². The second-order valence-electron chi connectivity index (χ2n) is 5.27. The van der Waals surface area contributed by atoms with E-state index >= 15 is 0 Å². The third kappa shape index (κ3) is 8.30. The van der Waals surface area contributed by atoms with Crippen LogP contribution < -0.4 is 10.6 Å². The topological polar surface area (TPSA) is 45.7 Å². The molecule has 0 aliphatic heterocycles. The number of aliphatic imine (C=N–C) groups is 1. The van der Waals surface area contributed by atoms with Crippen LogP contribution in [0.5, 0.6) is 0 Å². The predicted octanol–water partition coefficient (Wildman–Crippen LogP) is 2.21. The first-order valence-electron chi connectivity index (χ1n) is 7.38. The Kier molecular flexibility index (Phi) is 8.43. The molecule has 0 saturated carbocycles. The monoisotopic (exact) mass is 295 g/mol. The van der Waals surface area contributed by atoms with Crippen LogP contribution in [0.3, 0.4) is 0 Å². The van der Waals surface area contributed by atoms with Gasteiger partial charge in [-0.25, -0.2) is 4.39 Å². The number of nitrogens with zero attached hydrogens (tertiary/aromatic N) is 1. The van der Waals surface area contributed by atoms with E-state index < -0.39 is 0 Å². The number of hydrogen-bond donors (Lipinski definition) is 2. The summed E-state index contributed by atoms with van der Waals surface area (Å²) in [5, 5.41) is 6.41. The van der Waals surface area contributed by atoms with Crippen molar-refractivity contribution in [2.24, 2.45) is 10.9 Å². The van der Waals surface area contributed by atoms with Gasteiger partial charge in [-0.05, 0) is 30.0 Å². The van der Waals surface area contributed by atoms with Crippen LogP contribution >= 0.6 is 0 Å². The van der Waals surface area contributed by atoms with Gasteiger partial charge in [0, 0.05) is 26.7 Å². The maximum absolute atomic E-state index is 12.8. The third-order valence-corrected chi connectivity index (χ3v) is 2.83. The van der Waals surface area contributed by atoms with Gasteiger partial charge in [0.1, 0.15) is 5.82 Å². The number of hydrogen-bond acceptors (Lipinski definition) is 2. The molecule has 0 heterocycles. The van der Waals surface area contributed by atoms with Crippen molar-refractivity contribution in [1.29, 1.82) is 0 Å². The molecule has 0 atom stereocenters. The Morgan fingerprint density at radius 1 is 1.19 bits per heavy atom.